The molecule has 6 nitrogen and oxygen atoms in total. The van der Waals surface area contributed by atoms with Crippen LogP contribution >= 0.6 is 22.9 Å². The molecule has 2 aromatic carbocycles. The Hall–Kier alpha value is -2.13. The molecule has 0 saturated heterocycles. The maximum absolute atomic E-state index is 13.1. The van der Waals surface area contributed by atoms with E-state index in [1.165, 1.54) is 15.6 Å². The molecule has 1 aromatic heterocycles. The van der Waals surface area contributed by atoms with Crippen LogP contribution in [-0.4, -0.2) is 31.4 Å². The van der Waals surface area contributed by atoms with Crippen molar-refractivity contribution >= 4 is 33.0 Å². The molecule has 0 unspecified atom stereocenters. The fraction of sp³-hybridized carbons (Fsp3) is 0.286. The molecule has 0 N–H and O–H groups in total. The number of methoxy groups -OCH3 is 1. The summed E-state index contributed by atoms with van der Waals surface area (Å²) in [6.07, 6.45) is 0.700. The van der Waals surface area contributed by atoms with E-state index in [1.807, 2.05) is 12.3 Å². The number of aromatic nitrogens is 1. The quantitative estimate of drug-likeness (QED) is 0.421. The van der Waals surface area contributed by atoms with Gasteiger partial charge in [0, 0.05) is 16.9 Å². The van der Waals surface area contributed by atoms with Crippen molar-refractivity contribution in [2.75, 3.05) is 13.7 Å². The highest BCUT2D eigenvalue weighted by molar-refractivity contribution is 7.89. The van der Waals surface area contributed by atoms with E-state index in [-0.39, 0.29) is 11.4 Å². The average molecular weight is 467 g/mol. The number of benzene rings is 2. The Morgan fingerprint density at radius 2 is 1.73 bits per heavy atom. The third-order valence-electron chi connectivity index (χ3n) is 4.28. The third kappa shape index (κ3) is 5.72. The highest BCUT2D eigenvalue weighted by Gasteiger charge is 2.25. The molecule has 0 amide bonds. The van der Waals surface area contributed by atoms with Crippen LogP contribution < -0.4 is 9.47 Å². The van der Waals surface area contributed by atoms with E-state index in [9.17, 15) is 8.42 Å². The monoisotopic (exact) mass is 466 g/mol. The topological polar surface area (TPSA) is 68.7 Å². The van der Waals surface area contributed by atoms with Crippen molar-refractivity contribution in [3.63, 3.8) is 0 Å². The maximum Gasteiger partial charge on any atom is 0.243 e. The Labute approximate surface area is 186 Å². The van der Waals surface area contributed by atoms with E-state index in [0.29, 0.717) is 41.8 Å². The van der Waals surface area contributed by atoms with Crippen molar-refractivity contribution < 1.29 is 17.9 Å². The molecule has 3 aromatic rings. The van der Waals surface area contributed by atoms with Crippen molar-refractivity contribution in [3.05, 3.63) is 69.6 Å². The largest absolute Gasteiger partial charge is 0.497 e. The second kappa shape index (κ2) is 10.3. The molecule has 30 heavy (non-hydrogen) atoms. The SMILES string of the molecule is CCCN(Cc1csc(COc2ccc(Cl)cc2)n1)S(=O)(=O)c1ccc(OC)cc1. The summed E-state index contributed by atoms with van der Waals surface area (Å²) in [5.41, 5.74) is 0.695. The van der Waals surface area contributed by atoms with Gasteiger partial charge in [0.1, 0.15) is 23.1 Å². The second-order valence-electron chi connectivity index (χ2n) is 6.49. The molecule has 0 aliphatic heterocycles. The van der Waals surface area contributed by atoms with Crippen LogP contribution in [0.15, 0.2) is 58.8 Å². The number of hydrogen-bond donors (Lipinski definition) is 0. The standard InChI is InChI=1S/C21H23ClN2O4S2/c1-3-12-24(30(25,26)20-10-8-18(27-2)9-11-20)13-17-15-29-21(23-17)14-28-19-6-4-16(22)5-7-19/h4-11,15H,3,12-14H2,1-2H3. The number of thiazole rings is 1. The molecule has 1 heterocycles. The fourth-order valence-corrected chi connectivity index (χ4v) is 5.10. The van der Waals surface area contributed by atoms with Gasteiger partial charge in [0.15, 0.2) is 0 Å². The normalized spacial score (nSPS) is 11.6. The Morgan fingerprint density at radius 3 is 2.37 bits per heavy atom. The highest BCUT2D eigenvalue weighted by atomic mass is 35.5. The van der Waals surface area contributed by atoms with Gasteiger partial charge in [0.05, 0.1) is 24.2 Å². The van der Waals surface area contributed by atoms with E-state index in [2.05, 4.69) is 4.98 Å². The summed E-state index contributed by atoms with van der Waals surface area (Å²) >= 11 is 7.32. The minimum Gasteiger partial charge on any atom is -0.497 e. The first-order chi connectivity index (χ1) is 14.4. The third-order valence-corrected chi connectivity index (χ3v) is 7.27. The van der Waals surface area contributed by atoms with Crippen molar-refractivity contribution in [1.82, 2.24) is 9.29 Å². The average Bonchev–Trinajstić information content (AvgIpc) is 3.20. The van der Waals surface area contributed by atoms with E-state index >= 15 is 0 Å². The molecule has 9 heteroatoms. The Morgan fingerprint density at radius 1 is 1.07 bits per heavy atom. The molecule has 0 bridgehead atoms. The van der Waals surface area contributed by atoms with Gasteiger partial charge < -0.3 is 9.47 Å². The van der Waals surface area contributed by atoms with E-state index < -0.39 is 10.0 Å². The molecule has 0 atom stereocenters. The number of nitrogens with zero attached hydrogens (tertiary/aromatic N) is 2. The van der Waals surface area contributed by atoms with Gasteiger partial charge in [-0.2, -0.15) is 4.31 Å². The second-order valence-corrected chi connectivity index (χ2v) is 9.81. The number of sulfonamides is 1. The smallest absolute Gasteiger partial charge is 0.243 e. The first kappa shape index (κ1) is 22.6. The predicted molar refractivity (Wildman–Crippen MR) is 119 cm³/mol. The summed E-state index contributed by atoms with van der Waals surface area (Å²) in [7, 11) is -2.09. The Bertz CT molecular complexity index is 1050. The molecule has 0 saturated carbocycles. The summed E-state index contributed by atoms with van der Waals surface area (Å²) in [6, 6.07) is 13.5. The van der Waals surface area contributed by atoms with Crippen LogP contribution in [-0.2, 0) is 23.2 Å². The van der Waals surface area contributed by atoms with Gasteiger partial charge in [-0.1, -0.05) is 18.5 Å². The predicted octanol–water partition coefficient (Wildman–Crippen LogP) is 4.99. The Kier molecular flexibility index (Phi) is 7.71. The zero-order valence-electron chi connectivity index (χ0n) is 16.7. The summed E-state index contributed by atoms with van der Waals surface area (Å²) in [5.74, 6) is 1.31. The van der Waals surface area contributed by atoms with E-state index in [4.69, 9.17) is 21.1 Å². The number of ether oxygens (including phenoxy) is 2. The molecule has 160 valence electrons. The first-order valence-corrected chi connectivity index (χ1v) is 12.1. The maximum atomic E-state index is 13.1. The van der Waals surface area contributed by atoms with Crippen LogP contribution in [0.2, 0.25) is 5.02 Å². The zero-order valence-corrected chi connectivity index (χ0v) is 19.1. The zero-order chi connectivity index (χ0) is 21.6. The first-order valence-electron chi connectivity index (χ1n) is 9.38. The van der Waals surface area contributed by atoms with Gasteiger partial charge in [0.25, 0.3) is 0 Å². The van der Waals surface area contributed by atoms with Crippen LogP contribution in [0.4, 0.5) is 0 Å². The van der Waals surface area contributed by atoms with Crippen LogP contribution in [0.25, 0.3) is 0 Å². The van der Waals surface area contributed by atoms with Crippen molar-refractivity contribution in [2.45, 2.75) is 31.4 Å². The minimum absolute atomic E-state index is 0.208. The lowest BCUT2D eigenvalue weighted by Crippen LogP contribution is -2.31. The van der Waals surface area contributed by atoms with Gasteiger partial charge in [-0.3, -0.25) is 0 Å². The summed E-state index contributed by atoms with van der Waals surface area (Å²) < 4.78 is 38.5. The lowest BCUT2D eigenvalue weighted by atomic mass is 10.3. The lowest BCUT2D eigenvalue weighted by Gasteiger charge is -2.21. The van der Waals surface area contributed by atoms with Gasteiger partial charge in [-0.05, 0) is 55.0 Å². The van der Waals surface area contributed by atoms with E-state index in [0.717, 1.165) is 5.01 Å². The highest BCUT2D eigenvalue weighted by Crippen LogP contribution is 2.23. The lowest BCUT2D eigenvalue weighted by molar-refractivity contribution is 0.305. The molecule has 0 fully saturated rings. The van der Waals surface area contributed by atoms with Gasteiger partial charge in [-0.15, -0.1) is 11.3 Å². The molecule has 0 spiro atoms. The summed E-state index contributed by atoms with van der Waals surface area (Å²) in [6.45, 7) is 2.87. The number of halogens is 1. The van der Waals surface area contributed by atoms with Gasteiger partial charge >= 0.3 is 0 Å². The fourth-order valence-electron chi connectivity index (χ4n) is 2.77. The molecule has 3 rings (SSSR count). The van der Waals surface area contributed by atoms with Crippen LogP contribution in [0.1, 0.15) is 24.0 Å². The Balaban J connectivity index is 1.69. The molecular weight excluding hydrogens is 444 g/mol. The van der Waals surface area contributed by atoms with Crippen LogP contribution in [0.3, 0.4) is 0 Å². The van der Waals surface area contributed by atoms with Crippen LogP contribution in [0.5, 0.6) is 11.5 Å². The van der Waals surface area contributed by atoms with E-state index in [1.54, 1.807) is 55.6 Å². The summed E-state index contributed by atoms with van der Waals surface area (Å²) in [4.78, 5) is 4.78. The molecule has 0 radical (unpaired) electrons. The van der Waals surface area contributed by atoms with Gasteiger partial charge in [0.2, 0.25) is 10.0 Å². The molecule has 0 aliphatic rings. The minimum atomic E-state index is -3.64. The number of rotatable bonds is 10. The van der Waals surface area contributed by atoms with Gasteiger partial charge in [-0.25, -0.2) is 13.4 Å². The van der Waals surface area contributed by atoms with Crippen LogP contribution in [0, 0.1) is 0 Å². The molecular formula is C21H23ClN2O4S2. The molecule has 0 aliphatic carbocycles. The number of hydrogen-bond acceptors (Lipinski definition) is 6. The van der Waals surface area contributed by atoms with Crippen molar-refractivity contribution in [1.29, 1.82) is 0 Å². The van der Waals surface area contributed by atoms with Crippen molar-refractivity contribution in [3.8, 4) is 11.5 Å². The summed E-state index contributed by atoms with van der Waals surface area (Å²) in [5, 5.41) is 3.29. The van der Waals surface area contributed by atoms with Crippen molar-refractivity contribution in [2.24, 2.45) is 0 Å².